The number of aryl methyl sites for hydroxylation is 1. The molecule has 0 aliphatic heterocycles. The number of unbranched alkanes of at least 4 members (excludes halogenated alkanes) is 1. The molecule has 2 amide bonds. The van der Waals surface area contributed by atoms with Crippen molar-refractivity contribution in [3.8, 4) is 0 Å². The zero-order chi connectivity index (χ0) is 33.2. The van der Waals surface area contributed by atoms with Gasteiger partial charge in [0.1, 0.15) is 17.3 Å². The number of nitrogens with zero attached hydrogens (tertiary/aromatic N) is 4. The molecule has 0 saturated carbocycles. The number of aromatic nitrogens is 4. The Balaban J connectivity index is 1.39. The molecular weight excluding hydrogens is 608 g/mol. The van der Waals surface area contributed by atoms with Crippen LogP contribution in [-0.4, -0.2) is 42.9 Å². The van der Waals surface area contributed by atoms with Gasteiger partial charge in [-0.3, -0.25) is 14.4 Å². The molecule has 0 radical (unpaired) electrons. The zero-order valence-corrected chi connectivity index (χ0v) is 27.1. The Bertz CT molecular complexity index is 2000. The molecule has 13 heteroatoms. The molecule has 46 heavy (non-hydrogen) atoms. The van der Waals surface area contributed by atoms with E-state index < -0.39 is 29.6 Å². The van der Waals surface area contributed by atoms with Crippen LogP contribution in [0.1, 0.15) is 80.2 Å². The number of aliphatic carboxylic acids is 1. The summed E-state index contributed by atoms with van der Waals surface area (Å²) < 4.78 is 7.86. The fourth-order valence-corrected chi connectivity index (χ4v) is 6.03. The number of hydrogen-bond donors (Lipinski definition) is 3. The molecule has 5 rings (SSSR count). The number of benzene rings is 2. The van der Waals surface area contributed by atoms with Crippen LogP contribution in [0.25, 0.3) is 21.2 Å². The maximum Gasteiger partial charge on any atom is 0.340 e. The van der Waals surface area contributed by atoms with Gasteiger partial charge in [-0.2, -0.15) is 0 Å². The number of thiazole rings is 1. The van der Waals surface area contributed by atoms with E-state index in [0.29, 0.717) is 34.3 Å². The maximum absolute atomic E-state index is 13.7. The Kier molecular flexibility index (Phi) is 9.33. The van der Waals surface area contributed by atoms with E-state index in [1.54, 1.807) is 42.9 Å². The lowest BCUT2D eigenvalue weighted by molar-refractivity contribution is -0.136. The molecular formula is C33H36N6O6S. The minimum absolute atomic E-state index is 0.0663. The normalized spacial score (nSPS) is 13.5. The van der Waals surface area contributed by atoms with Gasteiger partial charge in [0.25, 0.3) is 5.91 Å². The number of anilines is 1. The van der Waals surface area contributed by atoms with Crippen LogP contribution in [0, 0.1) is 12.8 Å². The van der Waals surface area contributed by atoms with Gasteiger partial charge in [0.15, 0.2) is 0 Å². The van der Waals surface area contributed by atoms with Crippen LogP contribution in [-0.2, 0) is 21.5 Å². The highest BCUT2D eigenvalue weighted by atomic mass is 32.1. The zero-order valence-electron chi connectivity index (χ0n) is 26.3. The van der Waals surface area contributed by atoms with Crippen LogP contribution in [0.15, 0.2) is 57.3 Å². The fourth-order valence-electron chi connectivity index (χ4n) is 5.31. The summed E-state index contributed by atoms with van der Waals surface area (Å²) in [6, 6.07) is 9.59. The van der Waals surface area contributed by atoms with Gasteiger partial charge in [-0.05, 0) is 62.1 Å². The quantitative estimate of drug-likeness (QED) is 0.146. The monoisotopic (exact) mass is 644 g/mol. The number of carbonyl (C=O) groups is 3. The first-order chi connectivity index (χ1) is 21.9. The first kappa shape index (κ1) is 32.5. The van der Waals surface area contributed by atoms with E-state index in [1.807, 2.05) is 39.8 Å². The Morgan fingerprint density at radius 2 is 1.93 bits per heavy atom. The Morgan fingerprint density at radius 3 is 2.65 bits per heavy atom. The third-order valence-electron chi connectivity index (χ3n) is 8.50. The molecule has 3 heterocycles. The molecule has 2 atom stereocenters. The summed E-state index contributed by atoms with van der Waals surface area (Å²) in [5, 5.41) is 24.6. The number of carbonyl (C=O) groups excluding carboxylic acids is 2. The van der Waals surface area contributed by atoms with E-state index in [-0.39, 0.29) is 28.9 Å². The average Bonchev–Trinajstić information content (AvgIpc) is 3.69. The van der Waals surface area contributed by atoms with Crippen LogP contribution in [0.4, 0.5) is 5.69 Å². The summed E-state index contributed by atoms with van der Waals surface area (Å²) in [4.78, 5) is 55.0. The highest BCUT2D eigenvalue weighted by Gasteiger charge is 2.36. The second-order valence-electron chi connectivity index (χ2n) is 11.9. The van der Waals surface area contributed by atoms with Crippen LogP contribution in [0.3, 0.4) is 0 Å². The number of nitrogens with one attached hydrogen (secondary N) is 2. The largest absolute Gasteiger partial charge is 0.481 e. The SMILES string of the molecule is CCCC[C@@H](C(=O)Nc1ccc2c(C)c(CC(=O)O)c(=O)oc2c1)n1cc([C@@](C)(NC(=O)c2ccc3ncsc3c2)C(C)C)nn1. The van der Waals surface area contributed by atoms with Crippen molar-refractivity contribution in [1.29, 1.82) is 0 Å². The van der Waals surface area contributed by atoms with Gasteiger partial charge in [0, 0.05) is 22.7 Å². The van der Waals surface area contributed by atoms with Gasteiger partial charge >= 0.3 is 11.6 Å². The molecule has 12 nitrogen and oxygen atoms in total. The summed E-state index contributed by atoms with van der Waals surface area (Å²) >= 11 is 1.47. The van der Waals surface area contributed by atoms with Gasteiger partial charge in [0.05, 0.1) is 39.4 Å². The molecule has 0 unspecified atom stereocenters. The fraction of sp³-hybridized carbons (Fsp3) is 0.364. The molecule has 5 aromatic rings. The summed E-state index contributed by atoms with van der Waals surface area (Å²) in [6.45, 7) is 9.56. The lowest BCUT2D eigenvalue weighted by Crippen LogP contribution is -2.47. The molecule has 3 aromatic heterocycles. The molecule has 240 valence electrons. The van der Waals surface area contributed by atoms with Crippen LogP contribution in [0.2, 0.25) is 0 Å². The third-order valence-corrected chi connectivity index (χ3v) is 9.29. The lowest BCUT2D eigenvalue weighted by Gasteiger charge is -2.33. The summed E-state index contributed by atoms with van der Waals surface area (Å²) in [5.74, 6) is -1.78. The first-order valence-corrected chi connectivity index (χ1v) is 16.0. The van der Waals surface area contributed by atoms with Gasteiger partial charge in [-0.1, -0.05) is 38.8 Å². The molecule has 2 aromatic carbocycles. The highest BCUT2D eigenvalue weighted by Crippen LogP contribution is 2.30. The Hall–Kier alpha value is -4.91. The first-order valence-electron chi connectivity index (χ1n) is 15.1. The molecule has 3 N–H and O–H groups in total. The second kappa shape index (κ2) is 13.2. The van der Waals surface area contributed by atoms with Gasteiger partial charge in [-0.25, -0.2) is 14.5 Å². The van der Waals surface area contributed by atoms with Gasteiger partial charge in [0.2, 0.25) is 5.91 Å². The van der Waals surface area contributed by atoms with E-state index in [0.717, 1.165) is 23.1 Å². The van der Waals surface area contributed by atoms with E-state index in [1.165, 1.54) is 16.0 Å². The van der Waals surface area contributed by atoms with E-state index >= 15 is 0 Å². The van der Waals surface area contributed by atoms with Crippen molar-refractivity contribution in [2.75, 3.05) is 5.32 Å². The smallest absolute Gasteiger partial charge is 0.340 e. The number of carboxylic acid groups (broad SMARTS) is 1. The third kappa shape index (κ3) is 6.54. The Labute approximate surface area is 268 Å². The van der Waals surface area contributed by atoms with Crippen LogP contribution >= 0.6 is 11.3 Å². The lowest BCUT2D eigenvalue weighted by atomic mass is 9.85. The van der Waals surface area contributed by atoms with Crippen molar-refractivity contribution >= 4 is 56.0 Å². The number of fused-ring (bicyclic) bond motifs is 2. The summed E-state index contributed by atoms with van der Waals surface area (Å²) in [5.41, 5.74) is 3.24. The molecule has 0 aliphatic carbocycles. The predicted molar refractivity (Wildman–Crippen MR) is 175 cm³/mol. The molecule has 0 spiro atoms. The average molecular weight is 645 g/mol. The van der Waals surface area contributed by atoms with Gasteiger partial charge < -0.3 is 20.2 Å². The molecule has 0 saturated heterocycles. The van der Waals surface area contributed by atoms with Crippen LogP contribution < -0.4 is 16.3 Å². The van der Waals surface area contributed by atoms with E-state index in [2.05, 4.69) is 25.9 Å². The van der Waals surface area contributed by atoms with Crippen molar-refractivity contribution < 1.29 is 23.9 Å². The Morgan fingerprint density at radius 1 is 1.15 bits per heavy atom. The van der Waals surface area contributed by atoms with Gasteiger partial charge in [-0.15, -0.1) is 16.4 Å². The van der Waals surface area contributed by atoms with Crippen molar-refractivity contribution in [1.82, 2.24) is 25.3 Å². The molecule has 0 fully saturated rings. The van der Waals surface area contributed by atoms with Crippen LogP contribution in [0.5, 0.6) is 0 Å². The highest BCUT2D eigenvalue weighted by molar-refractivity contribution is 7.16. The minimum atomic E-state index is -1.13. The minimum Gasteiger partial charge on any atom is -0.481 e. The van der Waals surface area contributed by atoms with Crippen molar-refractivity contribution in [3.05, 3.63) is 80.9 Å². The number of carboxylic acids is 1. The topological polar surface area (TPSA) is 169 Å². The maximum atomic E-state index is 13.7. The number of rotatable bonds is 12. The van der Waals surface area contributed by atoms with E-state index in [4.69, 9.17) is 9.52 Å². The molecule has 0 aliphatic rings. The van der Waals surface area contributed by atoms with E-state index in [9.17, 15) is 19.2 Å². The van der Waals surface area contributed by atoms with Crippen molar-refractivity contribution in [2.45, 2.75) is 71.9 Å². The molecule has 0 bridgehead atoms. The number of amides is 2. The van der Waals surface area contributed by atoms with Crippen molar-refractivity contribution in [2.24, 2.45) is 5.92 Å². The summed E-state index contributed by atoms with van der Waals surface area (Å²) in [7, 11) is 0. The number of hydrogen-bond acceptors (Lipinski definition) is 9. The summed E-state index contributed by atoms with van der Waals surface area (Å²) in [6.07, 6.45) is 3.37. The van der Waals surface area contributed by atoms with Crippen molar-refractivity contribution in [3.63, 3.8) is 0 Å². The predicted octanol–water partition coefficient (Wildman–Crippen LogP) is 5.60. The second-order valence-corrected chi connectivity index (χ2v) is 12.7. The standard InChI is InChI=1S/C33H36N6O6S/c1-6-7-8-25(31(43)35-21-10-11-22-19(4)23(15-29(40)41)32(44)45-26(22)14-21)39-16-28(37-38-39)33(5,18(2)3)36-30(42)20-9-12-24-27(13-20)46-17-34-24/h9-14,16-18,25H,6-8,15H2,1-5H3,(H,35,43)(H,36,42)(H,40,41)/t25-,33-/m0/s1.